The number of benzene rings is 2. The van der Waals surface area contributed by atoms with Crippen molar-refractivity contribution in [3.8, 4) is 0 Å². The lowest BCUT2D eigenvalue weighted by Crippen LogP contribution is -2.47. The summed E-state index contributed by atoms with van der Waals surface area (Å²) in [6.07, 6.45) is 2.65. The van der Waals surface area contributed by atoms with E-state index in [-0.39, 0.29) is 17.7 Å². The summed E-state index contributed by atoms with van der Waals surface area (Å²) >= 11 is 0. The highest BCUT2D eigenvalue weighted by atomic mass is 16.2. The van der Waals surface area contributed by atoms with Crippen molar-refractivity contribution in [2.24, 2.45) is 0 Å². The number of carbonyl (C=O) groups excluding carboxylic acids is 3. The fraction of sp³-hybridized carbons (Fsp3) is 0.375. The van der Waals surface area contributed by atoms with Gasteiger partial charge in [0.2, 0.25) is 0 Å². The summed E-state index contributed by atoms with van der Waals surface area (Å²) in [5.74, 6) is -0.673. The van der Waals surface area contributed by atoms with Gasteiger partial charge in [-0.3, -0.25) is 19.3 Å². The molecule has 1 atom stereocenters. The van der Waals surface area contributed by atoms with Gasteiger partial charge in [-0.1, -0.05) is 30.3 Å². The highest BCUT2D eigenvalue weighted by Crippen LogP contribution is 2.26. The highest BCUT2D eigenvalue weighted by Gasteiger charge is 2.36. The molecule has 0 radical (unpaired) electrons. The smallest absolute Gasteiger partial charge is 0.261 e. The van der Waals surface area contributed by atoms with Gasteiger partial charge >= 0.3 is 0 Å². The molecule has 6 nitrogen and oxygen atoms in total. The van der Waals surface area contributed by atoms with Crippen molar-refractivity contribution in [1.82, 2.24) is 14.7 Å². The Kier molecular flexibility index (Phi) is 5.68. The fourth-order valence-corrected chi connectivity index (χ4v) is 4.26. The molecule has 0 aromatic heterocycles. The van der Waals surface area contributed by atoms with Crippen LogP contribution in [0.15, 0.2) is 48.5 Å². The molecule has 1 saturated heterocycles. The van der Waals surface area contributed by atoms with E-state index in [0.29, 0.717) is 42.2 Å². The zero-order valence-electron chi connectivity index (χ0n) is 17.5. The van der Waals surface area contributed by atoms with Crippen LogP contribution >= 0.6 is 0 Å². The molecule has 2 aliphatic rings. The summed E-state index contributed by atoms with van der Waals surface area (Å²) in [5.41, 5.74) is 2.26. The largest absolute Gasteiger partial charge is 0.337 e. The average Bonchev–Trinajstić information content (AvgIpc) is 3.01. The standard InChI is InChI=1S/C24H27N3O3/c1-25(2)19-9-6-13-26(16-19)22(28)18-10-11-20-21(15-18)24(30)27(23(20)29)14-12-17-7-4-3-5-8-17/h3-5,7-8,10-11,15,19H,6,9,12-14,16H2,1-2H3. The lowest BCUT2D eigenvalue weighted by Gasteiger charge is -2.36. The molecular formula is C24H27N3O3. The van der Waals surface area contributed by atoms with Gasteiger partial charge in [0.25, 0.3) is 17.7 Å². The Morgan fingerprint density at radius 3 is 2.50 bits per heavy atom. The summed E-state index contributed by atoms with van der Waals surface area (Å²) in [4.78, 5) is 44.0. The van der Waals surface area contributed by atoms with Crippen LogP contribution in [0.4, 0.5) is 0 Å². The number of nitrogens with zero attached hydrogens (tertiary/aromatic N) is 3. The maximum atomic E-state index is 13.0. The number of fused-ring (bicyclic) bond motifs is 1. The Balaban J connectivity index is 1.49. The fourth-order valence-electron chi connectivity index (χ4n) is 4.26. The van der Waals surface area contributed by atoms with Gasteiger partial charge in [-0.25, -0.2) is 0 Å². The molecule has 1 unspecified atom stereocenters. The zero-order chi connectivity index (χ0) is 21.3. The van der Waals surface area contributed by atoms with Crippen LogP contribution in [0, 0.1) is 0 Å². The minimum Gasteiger partial charge on any atom is -0.337 e. The molecule has 0 spiro atoms. The van der Waals surface area contributed by atoms with Gasteiger partial charge in [0, 0.05) is 31.2 Å². The molecule has 3 amide bonds. The van der Waals surface area contributed by atoms with E-state index in [0.717, 1.165) is 24.9 Å². The van der Waals surface area contributed by atoms with Gasteiger partial charge in [0.15, 0.2) is 0 Å². The predicted octanol–water partition coefficient (Wildman–Crippen LogP) is 2.69. The zero-order valence-corrected chi connectivity index (χ0v) is 17.5. The second-order valence-electron chi connectivity index (χ2n) is 8.27. The van der Waals surface area contributed by atoms with Gasteiger partial charge in [-0.15, -0.1) is 0 Å². The van der Waals surface area contributed by atoms with E-state index >= 15 is 0 Å². The second kappa shape index (κ2) is 8.40. The third kappa shape index (κ3) is 3.87. The minimum absolute atomic E-state index is 0.0765. The first-order valence-corrected chi connectivity index (χ1v) is 10.5. The van der Waals surface area contributed by atoms with Crippen molar-refractivity contribution in [2.45, 2.75) is 25.3 Å². The molecule has 30 heavy (non-hydrogen) atoms. The first-order valence-electron chi connectivity index (χ1n) is 10.5. The Morgan fingerprint density at radius 2 is 1.77 bits per heavy atom. The molecule has 2 aromatic carbocycles. The van der Waals surface area contributed by atoms with E-state index in [1.165, 1.54) is 4.90 Å². The van der Waals surface area contributed by atoms with Gasteiger partial charge in [0.05, 0.1) is 11.1 Å². The quantitative estimate of drug-likeness (QED) is 0.718. The maximum Gasteiger partial charge on any atom is 0.261 e. The number of hydrogen-bond donors (Lipinski definition) is 0. The Hall–Kier alpha value is -2.99. The summed E-state index contributed by atoms with van der Waals surface area (Å²) in [6, 6.07) is 15.0. The van der Waals surface area contributed by atoms with Crippen molar-refractivity contribution in [1.29, 1.82) is 0 Å². The molecule has 2 aliphatic heterocycles. The number of imide groups is 1. The molecule has 6 heteroatoms. The Labute approximate surface area is 177 Å². The summed E-state index contributed by atoms with van der Waals surface area (Å²) in [5, 5.41) is 0. The van der Waals surface area contributed by atoms with Crippen LogP contribution in [0.25, 0.3) is 0 Å². The summed E-state index contributed by atoms with van der Waals surface area (Å²) < 4.78 is 0. The normalized spacial score (nSPS) is 18.8. The lowest BCUT2D eigenvalue weighted by atomic mass is 10.0. The van der Waals surface area contributed by atoms with Crippen LogP contribution in [-0.2, 0) is 6.42 Å². The van der Waals surface area contributed by atoms with Gasteiger partial charge in [-0.05, 0) is 57.1 Å². The molecular weight excluding hydrogens is 378 g/mol. The molecule has 0 aliphatic carbocycles. The van der Waals surface area contributed by atoms with Crippen molar-refractivity contribution in [2.75, 3.05) is 33.7 Å². The van der Waals surface area contributed by atoms with Gasteiger partial charge in [0.1, 0.15) is 0 Å². The monoisotopic (exact) mass is 405 g/mol. The van der Waals surface area contributed by atoms with E-state index in [4.69, 9.17) is 0 Å². The van der Waals surface area contributed by atoms with E-state index < -0.39 is 0 Å². The molecule has 1 fully saturated rings. The number of piperidine rings is 1. The van der Waals surface area contributed by atoms with Crippen molar-refractivity contribution < 1.29 is 14.4 Å². The molecule has 2 heterocycles. The van der Waals surface area contributed by atoms with E-state index in [2.05, 4.69) is 4.90 Å². The van der Waals surface area contributed by atoms with Crippen molar-refractivity contribution >= 4 is 17.7 Å². The molecule has 0 N–H and O–H groups in total. The second-order valence-corrected chi connectivity index (χ2v) is 8.27. The van der Waals surface area contributed by atoms with Crippen LogP contribution in [-0.4, -0.2) is 72.2 Å². The Morgan fingerprint density at radius 1 is 1.03 bits per heavy atom. The third-order valence-electron chi connectivity index (χ3n) is 6.10. The van der Waals surface area contributed by atoms with Crippen molar-refractivity contribution in [3.05, 3.63) is 70.8 Å². The van der Waals surface area contributed by atoms with E-state index in [1.807, 2.05) is 49.3 Å². The lowest BCUT2D eigenvalue weighted by molar-refractivity contribution is 0.0633. The van der Waals surface area contributed by atoms with Crippen LogP contribution in [0.1, 0.15) is 49.5 Å². The first-order chi connectivity index (χ1) is 14.5. The first kappa shape index (κ1) is 20.3. The van der Waals surface area contributed by atoms with E-state index in [9.17, 15) is 14.4 Å². The van der Waals surface area contributed by atoms with Crippen molar-refractivity contribution in [3.63, 3.8) is 0 Å². The minimum atomic E-state index is -0.314. The molecule has 0 saturated carbocycles. The molecule has 2 aromatic rings. The van der Waals surface area contributed by atoms with Crippen LogP contribution in [0.2, 0.25) is 0 Å². The molecule has 0 bridgehead atoms. The number of likely N-dealkylation sites (N-methyl/N-ethyl adjacent to an activating group) is 1. The number of likely N-dealkylation sites (tertiary alicyclic amines) is 1. The van der Waals surface area contributed by atoms with Gasteiger partial charge < -0.3 is 9.80 Å². The van der Waals surface area contributed by atoms with Crippen LogP contribution in [0.5, 0.6) is 0 Å². The summed E-state index contributed by atoms with van der Waals surface area (Å²) in [6.45, 7) is 1.73. The number of carbonyl (C=O) groups is 3. The number of hydrogen-bond acceptors (Lipinski definition) is 4. The maximum absolute atomic E-state index is 13.0. The summed E-state index contributed by atoms with van der Waals surface area (Å²) in [7, 11) is 4.06. The Bertz CT molecular complexity index is 971. The SMILES string of the molecule is CN(C)C1CCCN(C(=O)c2ccc3c(c2)C(=O)N(CCc2ccccc2)C3=O)C1. The predicted molar refractivity (Wildman–Crippen MR) is 115 cm³/mol. The van der Waals surface area contributed by atoms with Crippen LogP contribution < -0.4 is 0 Å². The van der Waals surface area contributed by atoms with Gasteiger partial charge in [-0.2, -0.15) is 0 Å². The average molecular weight is 405 g/mol. The molecule has 4 rings (SSSR count). The topological polar surface area (TPSA) is 60.9 Å². The van der Waals surface area contributed by atoms with Crippen LogP contribution in [0.3, 0.4) is 0 Å². The number of amides is 3. The number of rotatable bonds is 5. The van der Waals surface area contributed by atoms with E-state index in [1.54, 1.807) is 18.2 Å². The highest BCUT2D eigenvalue weighted by molar-refractivity contribution is 6.22. The molecule has 156 valence electrons. The third-order valence-corrected chi connectivity index (χ3v) is 6.10.